The Hall–Kier alpha value is -3.34. The lowest BCUT2D eigenvalue weighted by molar-refractivity contribution is -0.121. The molecule has 166 valence electrons. The SMILES string of the molecule is Cc1ccc(CN2c3ccc(F)cc3OCC2CC(=O)NCCCc2ccccc2)cc1. The molecule has 0 spiro atoms. The summed E-state index contributed by atoms with van der Waals surface area (Å²) >= 11 is 0. The molecule has 32 heavy (non-hydrogen) atoms. The second-order valence-corrected chi connectivity index (χ2v) is 8.33. The van der Waals surface area contributed by atoms with Crippen molar-refractivity contribution in [3.8, 4) is 5.75 Å². The van der Waals surface area contributed by atoms with Crippen molar-refractivity contribution in [2.45, 2.75) is 38.8 Å². The monoisotopic (exact) mass is 432 g/mol. The van der Waals surface area contributed by atoms with Crippen LogP contribution in [-0.4, -0.2) is 25.1 Å². The lowest BCUT2D eigenvalue weighted by Gasteiger charge is -2.38. The average Bonchev–Trinajstić information content (AvgIpc) is 2.80. The minimum Gasteiger partial charge on any atom is -0.489 e. The van der Waals surface area contributed by atoms with Gasteiger partial charge in [-0.25, -0.2) is 4.39 Å². The van der Waals surface area contributed by atoms with Gasteiger partial charge in [0.25, 0.3) is 0 Å². The molecule has 1 atom stereocenters. The molecule has 4 nitrogen and oxygen atoms in total. The largest absolute Gasteiger partial charge is 0.489 e. The summed E-state index contributed by atoms with van der Waals surface area (Å²) in [6.45, 7) is 3.68. The molecule has 3 aromatic carbocycles. The second kappa shape index (κ2) is 10.3. The lowest BCUT2D eigenvalue weighted by atomic mass is 10.1. The quantitative estimate of drug-likeness (QED) is 0.507. The van der Waals surface area contributed by atoms with Gasteiger partial charge in [0.15, 0.2) is 0 Å². The maximum absolute atomic E-state index is 13.7. The number of anilines is 1. The first-order valence-corrected chi connectivity index (χ1v) is 11.1. The van der Waals surface area contributed by atoms with E-state index in [2.05, 4.69) is 53.5 Å². The molecule has 1 amide bonds. The van der Waals surface area contributed by atoms with Crippen LogP contribution in [0, 0.1) is 12.7 Å². The smallest absolute Gasteiger partial charge is 0.222 e. The molecule has 0 saturated heterocycles. The van der Waals surface area contributed by atoms with E-state index in [-0.39, 0.29) is 17.8 Å². The van der Waals surface area contributed by atoms with Gasteiger partial charge in [-0.3, -0.25) is 4.79 Å². The summed E-state index contributed by atoms with van der Waals surface area (Å²) in [4.78, 5) is 14.8. The lowest BCUT2D eigenvalue weighted by Crippen LogP contribution is -2.45. The summed E-state index contributed by atoms with van der Waals surface area (Å²) in [7, 11) is 0. The molecule has 0 fully saturated rings. The van der Waals surface area contributed by atoms with Crippen LogP contribution in [0.3, 0.4) is 0 Å². The molecule has 1 aliphatic heterocycles. The molecule has 0 aromatic heterocycles. The van der Waals surface area contributed by atoms with Crippen molar-refractivity contribution in [2.24, 2.45) is 0 Å². The van der Waals surface area contributed by atoms with Gasteiger partial charge < -0.3 is 15.0 Å². The van der Waals surface area contributed by atoms with Gasteiger partial charge in [-0.15, -0.1) is 0 Å². The van der Waals surface area contributed by atoms with Crippen LogP contribution in [0.5, 0.6) is 5.75 Å². The summed E-state index contributed by atoms with van der Waals surface area (Å²) in [5, 5.41) is 3.04. The summed E-state index contributed by atoms with van der Waals surface area (Å²) in [5.41, 5.74) is 4.43. The van der Waals surface area contributed by atoms with Gasteiger partial charge in [-0.2, -0.15) is 0 Å². The number of aryl methyl sites for hydroxylation is 2. The van der Waals surface area contributed by atoms with Crippen LogP contribution >= 0.6 is 0 Å². The van der Waals surface area contributed by atoms with Gasteiger partial charge in [-0.1, -0.05) is 60.2 Å². The molecule has 1 aliphatic rings. The van der Waals surface area contributed by atoms with E-state index in [0.717, 1.165) is 24.1 Å². The normalized spacial score (nSPS) is 15.1. The highest BCUT2D eigenvalue weighted by Crippen LogP contribution is 2.36. The molecule has 0 bridgehead atoms. The standard InChI is InChI=1S/C27H29FN2O2/c1-20-9-11-22(12-10-20)18-30-24(19-32-26-16-23(28)13-14-25(26)30)17-27(31)29-15-5-8-21-6-3-2-4-7-21/h2-4,6-7,9-14,16,24H,5,8,15,17-19H2,1H3,(H,29,31). The Morgan fingerprint density at radius 3 is 2.62 bits per heavy atom. The highest BCUT2D eigenvalue weighted by molar-refractivity contribution is 5.77. The Bertz CT molecular complexity index is 1040. The molecule has 0 saturated carbocycles. The van der Waals surface area contributed by atoms with Crippen molar-refractivity contribution in [2.75, 3.05) is 18.1 Å². The van der Waals surface area contributed by atoms with Gasteiger partial charge in [-0.05, 0) is 43.0 Å². The Kier molecular flexibility index (Phi) is 7.05. The third kappa shape index (κ3) is 5.67. The van der Waals surface area contributed by atoms with Gasteiger partial charge >= 0.3 is 0 Å². The highest BCUT2D eigenvalue weighted by atomic mass is 19.1. The topological polar surface area (TPSA) is 41.6 Å². The number of amides is 1. The van der Waals surface area contributed by atoms with Gasteiger partial charge in [0.05, 0.1) is 18.2 Å². The molecule has 1 unspecified atom stereocenters. The number of hydrogen-bond donors (Lipinski definition) is 1. The predicted molar refractivity (Wildman–Crippen MR) is 125 cm³/mol. The third-order valence-corrected chi connectivity index (χ3v) is 5.81. The fourth-order valence-corrected chi connectivity index (χ4v) is 4.04. The number of halogens is 1. The van der Waals surface area contributed by atoms with Crippen LogP contribution < -0.4 is 15.0 Å². The van der Waals surface area contributed by atoms with Crippen LogP contribution in [0.15, 0.2) is 72.8 Å². The number of benzene rings is 3. The van der Waals surface area contributed by atoms with Crippen molar-refractivity contribution in [3.63, 3.8) is 0 Å². The molecule has 1 N–H and O–H groups in total. The van der Waals surface area contributed by atoms with Crippen LogP contribution in [0.25, 0.3) is 0 Å². The Morgan fingerprint density at radius 1 is 1.06 bits per heavy atom. The third-order valence-electron chi connectivity index (χ3n) is 5.81. The number of carbonyl (C=O) groups is 1. The molecule has 4 rings (SSSR count). The van der Waals surface area contributed by atoms with E-state index in [1.54, 1.807) is 6.07 Å². The molecule has 5 heteroatoms. The first kappa shape index (κ1) is 21.9. The van der Waals surface area contributed by atoms with E-state index in [4.69, 9.17) is 4.74 Å². The van der Waals surface area contributed by atoms with E-state index in [1.165, 1.54) is 23.3 Å². The van der Waals surface area contributed by atoms with Gasteiger partial charge in [0, 0.05) is 19.2 Å². The summed E-state index contributed by atoms with van der Waals surface area (Å²) in [5.74, 6) is 0.205. The zero-order valence-electron chi connectivity index (χ0n) is 18.4. The van der Waals surface area contributed by atoms with E-state index >= 15 is 0 Å². The minimum absolute atomic E-state index is 0.00568. The predicted octanol–water partition coefficient (Wildman–Crippen LogP) is 5.04. The maximum atomic E-state index is 13.7. The van der Waals surface area contributed by atoms with Crippen molar-refractivity contribution >= 4 is 11.6 Å². The summed E-state index contributed by atoms with van der Waals surface area (Å²) < 4.78 is 19.6. The van der Waals surface area contributed by atoms with E-state index in [9.17, 15) is 9.18 Å². The number of hydrogen-bond acceptors (Lipinski definition) is 3. The zero-order valence-corrected chi connectivity index (χ0v) is 18.4. The molecule has 3 aromatic rings. The Balaban J connectivity index is 1.39. The number of nitrogens with one attached hydrogen (secondary N) is 1. The van der Waals surface area contributed by atoms with Crippen LogP contribution in [0.2, 0.25) is 0 Å². The fraction of sp³-hybridized carbons (Fsp3) is 0.296. The molecule has 1 heterocycles. The van der Waals surface area contributed by atoms with E-state index in [1.807, 2.05) is 18.2 Å². The maximum Gasteiger partial charge on any atom is 0.222 e. The number of fused-ring (bicyclic) bond motifs is 1. The van der Waals surface area contributed by atoms with Crippen LogP contribution in [0.4, 0.5) is 10.1 Å². The average molecular weight is 433 g/mol. The first-order valence-electron chi connectivity index (χ1n) is 11.1. The molecular weight excluding hydrogens is 403 g/mol. The Labute approximate surface area is 189 Å². The van der Waals surface area contributed by atoms with Crippen LogP contribution in [-0.2, 0) is 17.8 Å². The Morgan fingerprint density at radius 2 is 1.84 bits per heavy atom. The number of rotatable bonds is 8. The van der Waals surface area contributed by atoms with Crippen molar-refractivity contribution < 1.29 is 13.9 Å². The molecule has 0 radical (unpaired) electrons. The number of carbonyl (C=O) groups excluding carboxylic acids is 1. The first-order chi connectivity index (χ1) is 15.6. The summed E-state index contributed by atoms with van der Waals surface area (Å²) in [6, 6.07) is 23.1. The minimum atomic E-state index is -0.325. The molecule has 0 aliphatic carbocycles. The van der Waals surface area contributed by atoms with Crippen molar-refractivity contribution in [3.05, 3.63) is 95.3 Å². The van der Waals surface area contributed by atoms with E-state index < -0.39 is 0 Å². The van der Waals surface area contributed by atoms with Gasteiger partial charge in [0.1, 0.15) is 18.2 Å². The zero-order chi connectivity index (χ0) is 22.3. The van der Waals surface area contributed by atoms with Crippen LogP contribution in [0.1, 0.15) is 29.5 Å². The second-order valence-electron chi connectivity index (χ2n) is 8.33. The highest BCUT2D eigenvalue weighted by Gasteiger charge is 2.29. The number of nitrogens with zero attached hydrogens (tertiary/aromatic N) is 1. The van der Waals surface area contributed by atoms with Crippen molar-refractivity contribution in [1.29, 1.82) is 0 Å². The molecular formula is C27H29FN2O2. The van der Waals surface area contributed by atoms with E-state index in [0.29, 0.717) is 31.9 Å². The number of ether oxygens (including phenoxy) is 1. The fourth-order valence-electron chi connectivity index (χ4n) is 4.04. The van der Waals surface area contributed by atoms with Crippen molar-refractivity contribution in [1.82, 2.24) is 5.32 Å². The van der Waals surface area contributed by atoms with Gasteiger partial charge in [0.2, 0.25) is 5.91 Å². The summed E-state index contributed by atoms with van der Waals surface area (Å²) in [6.07, 6.45) is 2.16.